The van der Waals surface area contributed by atoms with E-state index in [0.717, 1.165) is 42.0 Å². The maximum absolute atomic E-state index is 12.6. The number of carbonyl (C=O) groups excluding carboxylic acids is 1. The number of aromatic nitrogens is 3. The Labute approximate surface area is 210 Å². The molecule has 190 valence electrons. The summed E-state index contributed by atoms with van der Waals surface area (Å²) in [5.41, 5.74) is 4.51. The maximum atomic E-state index is 12.6. The average Bonchev–Trinajstić information content (AvgIpc) is 3.28. The molecule has 0 spiro atoms. The van der Waals surface area contributed by atoms with E-state index in [1.807, 2.05) is 25.1 Å². The Morgan fingerprint density at radius 1 is 1.31 bits per heavy atom. The fraction of sp³-hybridized carbons (Fsp3) is 0.481. The van der Waals surface area contributed by atoms with Gasteiger partial charge in [0.25, 0.3) is 5.91 Å². The number of carbonyl (C=O) groups is 1. The number of β-amino-alcohol motifs (C(OH)–C–C–N with tert-alkyl or cyclic N) is 1. The van der Waals surface area contributed by atoms with Crippen LogP contribution in [0.15, 0.2) is 41.3 Å². The molecule has 1 amide bonds. The molecule has 2 aliphatic rings. The summed E-state index contributed by atoms with van der Waals surface area (Å²) in [6, 6.07) is 7.49. The van der Waals surface area contributed by atoms with Crippen LogP contribution in [0.25, 0.3) is 0 Å². The number of oxazole rings is 1. The SMILES string of the molecule is Cc1ncoc1COc1ccc2c(n1)CCN(C[C@@H](O)CNC(=O)c1ccnc(CC3CCC3)c1)C2. The second-order valence-corrected chi connectivity index (χ2v) is 9.79. The zero-order chi connectivity index (χ0) is 24.9. The van der Waals surface area contributed by atoms with Crippen LogP contribution in [0.2, 0.25) is 0 Å². The lowest BCUT2D eigenvalue weighted by molar-refractivity contribution is 0.0840. The molecule has 1 fully saturated rings. The van der Waals surface area contributed by atoms with E-state index < -0.39 is 6.10 Å². The zero-order valence-electron chi connectivity index (χ0n) is 20.7. The second-order valence-electron chi connectivity index (χ2n) is 9.79. The number of rotatable bonds is 10. The first-order chi connectivity index (χ1) is 17.5. The smallest absolute Gasteiger partial charge is 0.251 e. The van der Waals surface area contributed by atoms with Crippen molar-refractivity contribution in [3.63, 3.8) is 0 Å². The van der Waals surface area contributed by atoms with Crippen molar-refractivity contribution >= 4 is 5.91 Å². The van der Waals surface area contributed by atoms with Crippen molar-refractivity contribution in [2.75, 3.05) is 19.6 Å². The molecule has 5 rings (SSSR count). The summed E-state index contributed by atoms with van der Waals surface area (Å²) in [7, 11) is 0. The quantitative estimate of drug-likeness (QED) is 0.445. The Morgan fingerprint density at radius 2 is 2.19 bits per heavy atom. The van der Waals surface area contributed by atoms with Crippen molar-refractivity contribution in [1.29, 1.82) is 0 Å². The molecule has 0 aromatic carbocycles. The number of aliphatic hydroxyl groups is 1. The van der Waals surface area contributed by atoms with Gasteiger partial charge in [-0.05, 0) is 37.0 Å². The molecule has 9 nitrogen and oxygen atoms in total. The number of aliphatic hydroxyl groups excluding tert-OH is 1. The predicted octanol–water partition coefficient (Wildman–Crippen LogP) is 2.84. The van der Waals surface area contributed by atoms with Gasteiger partial charge in [0.15, 0.2) is 12.2 Å². The highest BCUT2D eigenvalue weighted by Crippen LogP contribution is 2.29. The van der Waals surface area contributed by atoms with Crippen LogP contribution >= 0.6 is 0 Å². The van der Waals surface area contributed by atoms with Gasteiger partial charge in [0.05, 0.1) is 17.5 Å². The summed E-state index contributed by atoms with van der Waals surface area (Å²) in [4.78, 5) is 27.9. The van der Waals surface area contributed by atoms with Gasteiger partial charge in [-0.2, -0.15) is 0 Å². The third kappa shape index (κ3) is 6.09. The third-order valence-corrected chi connectivity index (χ3v) is 7.07. The summed E-state index contributed by atoms with van der Waals surface area (Å²) < 4.78 is 11.1. The summed E-state index contributed by atoms with van der Waals surface area (Å²) in [6.07, 6.45) is 7.95. The normalized spacial score (nSPS) is 16.7. The lowest BCUT2D eigenvalue weighted by Gasteiger charge is -2.30. The fourth-order valence-electron chi connectivity index (χ4n) is 4.69. The number of aryl methyl sites for hydroxylation is 1. The molecular weight excluding hydrogens is 458 g/mol. The van der Waals surface area contributed by atoms with Crippen molar-refractivity contribution in [3.8, 4) is 5.88 Å². The molecule has 2 N–H and O–H groups in total. The Hall–Kier alpha value is -3.30. The van der Waals surface area contributed by atoms with Crippen LogP contribution in [-0.4, -0.2) is 56.6 Å². The summed E-state index contributed by atoms with van der Waals surface area (Å²) in [5, 5.41) is 13.4. The molecule has 1 aliphatic carbocycles. The second kappa shape index (κ2) is 11.2. The standard InChI is InChI=1S/C27H33N5O4/c1-18-25(36-17-30-18)16-35-26-6-5-21-14-32(10-8-24(21)31-26)15-23(33)13-29-27(34)20-7-9-28-22(12-20)11-19-3-2-4-19/h5-7,9,12,17,19,23,33H,2-4,8,10-11,13-16H2,1H3,(H,29,34)/t23-/m0/s1. The van der Waals surface area contributed by atoms with Gasteiger partial charge in [-0.3, -0.25) is 14.7 Å². The average molecular weight is 492 g/mol. The van der Waals surface area contributed by atoms with Crippen molar-refractivity contribution < 1.29 is 19.1 Å². The summed E-state index contributed by atoms with van der Waals surface area (Å²) in [5.74, 6) is 1.78. The predicted molar refractivity (Wildman–Crippen MR) is 132 cm³/mol. The molecule has 0 saturated heterocycles. The Kier molecular flexibility index (Phi) is 7.58. The molecule has 9 heteroatoms. The van der Waals surface area contributed by atoms with Crippen molar-refractivity contribution in [2.24, 2.45) is 5.92 Å². The first-order valence-corrected chi connectivity index (χ1v) is 12.7. The number of nitrogens with zero attached hydrogens (tertiary/aromatic N) is 4. The van der Waals surface area contributed by atoms with Crippen LogP contribution in [0.1, 0.15) is 58.0 Å². The van der Waals surface area contributed by atoms with Gasteiger partial charge in [0.2, 0.25) is 5.88 Å². The van der Waals surface area contributed by atoms with Crippen LogP contribution in [-0.2, 0) is 26.0 Å². The van der Waals surface area contributed by atoms with E-state index in [2.05, 4.69) is 25.2 Å². The van der Waals surface area contributed by atoms with Crippen LogP contribution < -0.4 is 10.1 Å². The molecule has 0 unspecified atom stereocenters. The Morgan fingerprint density at radius 3 is 2.97 bits per heavy atom. The van der Waals surface area contributed by atoms with Gasteiger partial charge >= 0.3 is 0 Å². The van der Waals surface area contributed by atoms with E-state index in [0.29, 0.717) is 42.8 Å². The number of amides is 1. The molecule has 0 bridgehead atoms. The van der Waals surface area contributed by atoms with E-state index in [4.69, 9.17) is 9.15 Å². The molecule has 3 aromatic heterocycles. The molecule has 1 saturated carbocycles. The fourth-order valence-corrected chi connectivity index (χ4v) is 4.69. The van der Waals surface area contributed by atoms with Crippen LogP contribution in [0, 0.1) is 12.8 Å². The first kappa shape index (κ1) is 24.4. The van der Waals surface area contributed by atoms with Crippen LogP contribution in [0.4, 0.5) is 0 Å². The number of nitrogens with one attached hydrogen (secondary N) is 1. The number of hydrogen-bond acceptors (Lipinski definition) is 8. The van der Waals surface area contributed by atoms with E-state index in [9.17, 15) is 9.90 Å². The van der Waals surface area contributed by atoms with Gasteiger partial charge in [0.1, 0.15) is 6.61 Å². The van der Waals surface area contributed by atoms with Crippen LogP contribution in [0.3, 0.4) is 0 Å². The zero-order valence-corrected chi connectivity index (χ0v) is 20.7. The lowest BCUT2D eigenvalue weighted by Crippen LogP contribution is -2.42. The first-order valence-electron chi connectivity index (χ1n) is 12.7. The molecule has 0 radical (unpaired) electrons. The molecule has 4 heterocycles. The number of hydrogen-bond donors (Lipinski definition) is 2. The highest BCUT2D eigenvalue weighted by Gasteiger charge is 2.22. The van der Waals surface area contributed by atoms with E-state index in [-0.39, 0.29) is 12.5 Å². The monoisotopic (exact) mass is 491 g/mol. The van der Waals surface area contributed by atoms with Crippen molar-refractivity contribution in [2.45, 2.75) is 58.3 Å². The third-order valence-electron chi connectivity index (χ3n) is 7.07. The van der Waals surface area contributed by atoms with Gasteiger partial charge in [-0.15, -0.1) is 0 Å². The van der Waals surface area contributed by atoms with Crippen molar-refractivity contribution in [3.05, 3.63) is 70.8 Å². The van der Waals surface area contributed by atoms with Crippen LogP contribution in [0.5, 0.6) is 5.88 Å². The molecule has 1 atom stereocenters. The molecule has 36 heavy (non-hydrogen) atoms. The molecule has 3 aromatic rings. The van der Waals surface area contributed by atoms with Gasteiger partial charge in [-0.25, -0.2) is 9.97 Å². The highest BCUT2D eigenvalue weighted by molar-refractivity contribution is 5.94. The number of pyridine rings is 2. The highest BCUT2D eigenvalue weighted by atomic mass is 16.5. The summed E-state index contributed by atoms with van der Waals surface area (Å²) in [6.45, 7) is 4.33. The Balaban J connectivity index is 1.07. The van der Waals surface area contributed by atoms with E-state index in [1.54, 1.807) is 12.3 Å². The topological polar surface area (TPSA) is 114 Å². The van der Waals surface area contributed by atoms with Gasteiger partial charge < -0.3 is 19.6 Å². The maximum Gasteiger partial charge on any atom is 0.251 e. The lowest BCUT2D eigenvalue weighted by atomic mass is 9.82. The van der Waals surface area contributed by atoms with E-state index in [1.165, 1.54) is 25.7 Å². The minimum atomic E-state index is -0.660. The van der Waals surface area contributed by atoms with Gasteiger partial charge in [0, 0.05) is 56.1 Å². The van der Waals surface area contributed by atoms with Crippen molar-refractivity contribution in [1.82, 2.24) is 25.2 Å². The Bertz CT molecular complexity index is 1190. The molecule has 1 aliphatic heterocycles. The summed E-state index contributed by atoms with van der Waals surface area (Å²) >= 11 is 0. The number of fused-ring (bicyclic) bond motifs is 1. The van der Waals surface area contributed by atoms with Gasteiger partial charge in [-0.1, -0.05) is 25.3 Å². The largest absolute Gasteiger partial charge is 0.469 e. The van der Waals surface area contributed by atoms with E-state index >= 15 is 0 Å². The minimum Gasteiger partial charge on any atom is -0.469 e. The molecular formula is C27H33N5O4. The number of ether oxygens (including phenoxy) is 1. The minimum absolute atomic E-state index is 0.174.